The summed E-state index contributed by atoms with van der Waals surface area (Å²) < 4.78 is 5.29. The van der Waals surface area contributed by atoms with Crippen LogP contribution in [-0.2, 0) is 9.53 Å². The van der Waals surface area contributed by atoms with E-state index in [1.807, 2.05) is 37.3 Å². The first-order chi connectivity index (χ1) is 12.1. The van der Waals surface area contributed by atoms with Crippen molar-refractivity contribution in [1.29, 1.82) is 0 Å². The molecule has 0 saturated heterocycles. The third-order valence-corrected chi connectivity index (χ3v) is 5.13. The van der Waals surface area contributed by atoms with Crippen LogP contribution in [0.1, 0.15) is 76.7 Å². The summed E-state index contributed by atoms with van der Waals surface area (Å²) in [5, 5.41) is 0.728. The van der Waals surface area contributed by atoms with E-state index in [1.54, 1.807) is 0 Å². The molecular weight excluding hydrogens is 332 g/mol. The second-order valence-electron chi connectivity index (χ2n) is 7.18. The summed E-state index contributed by atoms with van der Waals surface area (Å²) in [4.78, 5) is 11.8. The van der Waals surface area contributed by atoms with Gasteiger partial charge in [-0.15, -0.1) is 0 Å². The zero-order valence-electron chi connectivity index (χ0n) is 15.4. The molecule has 138 valence electrons. The number of rotatable bonds is 12. The van der Waals surface area contributed by atoms with E-state index in [4.69, 9.17) is 16.3 Å². The van der Waals surface area contributed by atoms with Gasteiger partial charge in [0.1, 0.15) is 6.61 Å². The summed E-state index contributed by atoms with van der Waals surface area (Å²) >= 11 is 5.88. The van der Waals surface area contributed by atoms with Crippen molar-refractivity contribution in [1.82, 2.24) is 0 Å². The SMILES string of the molecule is C/C(=C\COC(=O)CCCCCCCCC1CC1)c1ccc(Cl)cc1. The molecule has 1 aromatic rings. The minimum atomic E-state index is -0.0890. The van der Waals surface area contributed by atoms with Crippen molar-refractivity contribution in [3.05, 3.63) is 40.9 Å². The van der Waals surface area contributed by atoms with Gasteiger partial charge in [0.05, 0.1) is 0 Å². The van der Waals surface area contributed by atoms with Gasteiger partial charge in [-0.05, 0) is 48.6 Å². The van der Waals surface area contributed by atoms with Crippen molar-refractivity contribution in [3.8, 4) is 0 Å². The monoisotopic (exact) mass is 362 g/mol. The fourth-order valence-corrected chi connectivity index (χ4v) is 3.10. The lowest BCUT2D eigenvalue weighted by Gasteiger charge is -2.05. The molecule has 0 aliphatic heterocycles. The molecule has 1 aliphatic carbocycles. The number of ether oxygens (including phenoxy) is 1. The van der Waals surface area contributed by atoms with Crippen LogP contribution >= 0.6 is 11.6 Å². The molecule has 0 aromatic heterocycles. The fraction of sp³-hybridized carbons (Fsp3) is 0.591. The van der Waals surface area contributed by atoms with E-state index in [1.165, 1.54) is 44.9 Å². The van der Waals surface area contributed by atoms with Gasteiger partial charge in [-0.25, -0.2) is 0 Å². The van der Waals surface area contributed by atoms with Crippen LogP contribution < -0.4 is 0 Å². The van der Waals surface area contributed by atoms with Gasteiger partial charge >= 0.3 is 5.97 Å². The Hall–Kier alpha value is -1.28. The van der Waals surface area contributed by atoms with Crippen LogP contribution in [0.5, 0.6) is 0 Å². The number of benzene rings is 1. The van der Waals surface area contributed by atoms with Gasteiger partial charge in [-0.1, -0.05) is 75.1 Å². The van der Waals surface area contributed by atoms with E-state index in [2.05, 4.69) is 0 Å². The molecule has 0 spiro atoms. The Balaban J connectivity index is 1.47. The highest BCUT2D eigenvalue weighted by Gasteiger charge is 2.19. The van der Waals surface area contributed by atoms with Crippen molar-refractivity contribution in [2.24, 2.45) is 5.92 Å². The summed E-state index contributed by atoms with van der Waals surface area (Å²) in [6.07, 6.45) is 14.2. The van der Waals surface area contributed by atoms with Crippen LogP contribution in [0.15, 0.2) is 30.3 Å². The van der Waals surface area contributed by atoms with E-state index < -0.39 is 0 Å². The maximum atomic E-state index is 11.8. The number of hydrogen-bond donors (Lipinski definition) is 0. The minimum Gasteiger partial charge on any atom is -0.461 e. The van der Waals surface area contributed by atoms with E-state index in [0.29, 0.717) is 13.0 Å². The van der Waals surface area contributed by atoms with Gasteiger partial charge in [0.25, 0.3) is 0 Å². The Morgan fingerprint density at radius 2 is 1.72 bits per heavy atom. The van der Waals surface area contributed by atoms with Crippen LogP contribution in [0, 0.1) is 5.92 Å². The molecule has 1 aromatic carbocycles. The summed E-state index contributed by atoms with van der Waals surface area (Å²) in [6, 6.07) is 7.68. The third-order valence-electron chi connectivity index (χ3n) is 4.87. The average molecular weight is 363 g/mol. The Bertz CT molecular complexity index is 544. The smallest absolute Gasteiger partial charge is 0.306 e. The van der Waals surface area contributed by atoms with Gasteiger partial charge in [0.15, 0.2) is 0 Å². The normalized spacial score (nSPS) is 14.6. The Kier molecular flexibility index (Phi) is 9.10. The highest BCUT2D eigenvalue weighted by atomic mass is 35.5. The van der Waals surface area contributed by atoms with Gasteiger partial charge in [0, 0.05) is 11.4 Å². The maximum absolute atomic E-state index is 11.8. The molecule has 0 radical (unpaired) electrons. The predicted octanol–water partition coefficient (Wildman–Crippen LogP) is 6.82. The molecular formula is C22H31ClO2. The van der Waals surface area contributed by atoms with Gasteiger partial charge < -0.3 is 4.74 Å². The average Bonchev–Trinajstić information content (AvgIpc) is 3.42. The number of esters is 1. The van der Waals surface area contributed by atoms with E-state index >= 15 is 0 Å². The van der Waals surface area contributed by atoms with Gasteiger partial charge in [0.2, 0.25) is 0 Å². The first-order valence-corrected chi connectivity index (χ1v) is 10.1. The summed E-state index contributed by atoms with van der Waals surface area (Å²) in [5.74, 6) is 0.973. The number of carbonyl (C=O) groups is 1. The Morgan fingerprint density at radius 3 is 2.40 bits per heavy atom. The highest BCUT2D eigenvalue weighted by molar-refractivity contribution is 6.30. The molecule has 2 rings (SSSR count). The molecule has 0 bridgehead atoms. The third kappa shape index (κ3) is 9.11. The fourth-order valence-electron chi connectivity index (χ4n) is 2.98. The first-order valence-electron chi connectivity index (χ1n) is 9.73. The molecule has 0 heterocycles. The molecule has 0 atom stereocenters. The molecule has 1 aliphatic rings. The largest absolute Gasteiger partial charge is 0.461 e. The number of carbonyl (C=O) groups excluding carboxylic acids is 1. The number of unbranched alkanes of at least 4 members (excludes halogenated alkanes) is 5. The predicted molar refractivity (Wildman–Crippen MR) is 106 cm³/mol. The molecule has 1 saturated carbocycles. The van der Waals surface area contributed by atoms with Crippen LogP contribution in [0.4, 0.5) is 0 Å². The van der Waals surface area contributed by atoms with E-state index in [0.717, 1.165) is 34.9 Å². The van der Waals surface area contributed by atoms with Gasteiger partial charge in [-0.3, -0.25) is 4.79 Å². The zero-order valence-corrected chi connectivity index (χ0v) is 16.2. The number of halogens is 1. The number of allylic oxidation sites excluding steroid dienone is 1. The molecule has 1 fully saturated rings. The van der Waals surface area contributed by atoms with Crippen LogP contribution in [0.2, 0.25) is 5.02 Å². The maximum Gasteiger partial charge on any atom is 0.306 e. The van der Waals surface area contributed by atoms with Crippen molar-refractivity contribution in [3.63, 3.8) is 0 Å². The molecule has 3 heteroatoms. The van der Waals surface area contributed by atoms with Crippen molar-refractivity contribution >= 4 is 23.1 Å². The summed E-state index contributed by atoms with van der Waals surface area (Å²) in [6.45, 7) is 2.36. The quantitative estimate of drug-likeness (QED) is 0.301. The van der Waals surface area contributed by atoms with E-state index in [-0.39, 0.29) is 5.97 Å². The lowest BCUT2D eigenvalue weighted by Crippen LogP contribution is -2.04. The van der Waals surface area contributed by atoms with Gasteiger partial charge in [-0.2, -0.15) is 0 Å². The molecule has 0 N–H and O–H groups in total. The highest BCUT2D eigenvalue weighted by Crippen LogP contribution is 2.34. The Labute approximate surface area is 157 Å². The summed E-state index contributed by atoms with van der Waals surface area (Å²) in [5.41, 5.74) is 2.19. The van der Waals surface area contributed by atoms with Crippen molar-refractivity contribution < 1.29 is 9.53 Å². The van der Waals surface area contributed by atoms with Crippen LogP contribution in [-0.4, -0.2) is 12.6 Å². The van der Waals surface area contributed by atoms with E-state index in [9.17, 15) is 4.79 Å². The lowest BCUT2D eigenvalue weighted by atomic mass is 10.1. The molecule has 25 heavy (non-hydrogen) atoms. The topological polar surface area (TPSA) is 26.3 Å². The second-order valence-corrected chi connectivity index (χ2v) is 7.62. The molecule has 2 nitrogen and oxygen atoms in total. The standard InChI is InChI=1S/C22H31ClO2/c1-18(20-12-14-21(23)15-13-20)16-17-25-22(24)9-7-5-3-2-4-6-8-19-10-11-19/h12-16,19H,2-11,17H2,1H3/b18-16+. The summed E-state index contributed by atoms with van der Waals surface area (Å²) in [7, 11) is 0. The first kappa shape index (κ1) is 20.0. The van der Waals surface area contributed by atoms with Crippen molar-refractivity contribution in [2.75, 3.05) is 6.61 Å². The molecule has 0 unspecified atom stereocenters. The Morgan fingerprint density at radius 1 is 1.08 bits per heavy atom. The lowest BCUT2D eigenvalue weighted by molar-refractivity contribution is -0.142. The number of hydrogen-bond acceptors (Lipinski definition) is 2. The minimum absolute atomic E-state index is 0.0890. The second kappa shape index (κ2) is 11.4. The molecule has 0 amide bonds. The zero-order chi connectivity index (χ0) is 17.9. The van der Waals surface area contributed by atoms with Crippen LogP contribution in [0.3, 0.4) is 0 Å². The van der Waals surface area contributed by atoms with Crippen molar-refractivity contribution in [2.45, 2.75) is 71.1 Å². The van der Waals surface area contributed by atoms with Crippen LogP contribution in [0.25, 0.3) is 5.57 Å².